The monoisotopic (exact) mass is 325 g/mol. The molecule has 0 radical (unpaired) electrons. The summed E-state index contributed by atoms with van der Waals surface area (Å²) in [7, 11) is 0. The minimum atomic E-state index is -4.72. The number of benzene rings is 1. The van der Waals surface area contributed by atoms with Crippen LogP contribution in [-0.4, -0.2) is 25.1 Å². The Hall–Kier alpha value is -1.14. The van der Waals surface area contributed by atoms with Gasteiger partial charge < -0.3 is 27.2 Å². The van der Waals surface area contributed by atoms with E-state index in [0.29, 0.717) is 50.1 Å². The first kappa shape index (κ1) is 13.5. The summed E-state index contributed by atoms with van der Waals surface area (Å²) in [5.41, 5.74) is -0.0261. The number of quaternary nitrogens is 1. The second-order valence-electron chi connectivity index (χ2n) is 5.24. The van der Waals surface area contributed by atoms with E-state index in [1.807, 2.05) is 0 Å². The zero-order chi connectivity index (χ0) is 16.0. The van der Waals surface area contributed by atoms with E-state index in [1.54, 1.807) is 6.07 Å². The first-order valence-corrected chi connectivity index (χ1v) is 6.67. The largest absolute Gasteiger partial charge is 1.00 e. The van der Waals surface area contributed by atoms with Crippen molar-refractivity contribution >= 4 is 0 Å². The van der Waals surface area contributed by atoms with Gasteiger partial charge in [0.05, 0.1) is 13.1 Å². The lowest BCUT2D eigenvalue weighted by Crippen LogP contribution is -3.00. The van der Waals surface area contributed by atoms with Crippen molar-refractivity contribution < 1.29 is 43.2 Å². The molecule has 1 saturated heterocycles. The summed E-state index contributed by atoms with van der Waals surface area (Å²) in [6.07, 6.45) is -2.58. The predicted molar refractivity (Wildman–Crippen MR) is 65.7 cm³/mol. The molecule has 2 heterocycles. The Labute approximate surface area is 130 Å². The minimum Gasteiger partial charge on any atom is -1.00 e. The van der Waals surface area contributed by atoms with Gasteiger partial charge in [0.1, 0.15) is 17.1 Å². The van der Waals surface area contributed by atoms with Crippen LogP contribution in [0.2, 0.25) is 2.82 Å². The van der Waals surface area contributed by atoms with Gasteiger partial charge in [0.15, 0.2) is 0 Å². The zero-order valence-electron chi connectivity index (χ0n) is 13.3. The first-order chi connectivity index (χ1) is 10.2. The Bertz CT molecular complexity index is 574. The quantitative estimate of drug-likeness (QED) is 0.720. The Morgan fingerprint density at radius 2 is 1.95 bits per heavy atom. The van der Waals surface area contributed by atoms with Gasteiger partial charge in [0.25, 0.3) is 0 Å². The fourth-order valence-electron chi connectivity index (χ4n) is 2.90. The van der Waals surface area contributed by atoms with Crippen LogP contribution in [0.15, 0.2) is 18.2 Å². The van der Waals surface area contributed by atoms with E-state index in [-0.39, 0.29) is 18.2 Å². The molecule has 3 nitrogen and oxygen atoms in total. The third-order valence-corrected chi connectivity index (χ3v) is 3.92. The molecule has 7 heteroatoms. The minimum absolute atomic E-state index is 0. The number of halogens is 4. The van der Waals surface area contributed by atoms with Crippen molar-refractivity contribution in [2.24, 2.45) is 0 Å². The summed E-state index contributed by atoms with van der Waals surface area (Å²) in [5.74, 6) is 0.213. The topological polar surface area (TPSA) is 35.1 Å². The molecule has 0 saturated carbocycles. The van der Waals surface area contributed by atoms with Crippen molar-refractivity contribution in [2.45, 2.75) is 37.6 Å². The van der Waals surface area contributed by atoms with Gasteiger partial charge in [-0.2, -0.15) is 0 Å². The number of alkyl halides is 3. The van der Waals surface area contributed by atoms with Crippen LogP contribution >= 0.6 is 0 Å². The summed E-state index contributed by atoms with van der Waals surface area (Å²) in [4.78, 5) is 0. The Morgan fingerprint density at radius 3 is 2.62 bits per heavy atom. The van der Waals surface area contributed by atoms with Gasteiger partial charge in [-0.3, -0.25) is 0 Å². The SMILES string of the molecule is [2H][N+]1([2H])CCC2(CCc3c(OC(F)(F)F)cccc3O2)CC1.[Cl-]. The van der Waals surface area contributed by atoms with E-state index >= 15 is 0 Å². The highest BCUT2D eigenvalue weighted by atomic mass is 35.5. The number of ether oxygens (including phenoxy) is 2. The van der Waals surface area contributed by atoms with Crippen LogP contribution in [-0.2, 0) is 6.42 Å². The molecular weight excluding hydrogens is 307 g/mol. The lowest BCUT2D eigenvalue weighted by atomic mass is 9.83. The molecule has 0 amide bonds. The fourth-order valence-corrected chi connectivity index (χ4v) is 2.90. The Balaban J connectivity index is 0.00000192. The van der Waals surface area contributed by atoms with Crippen molar-refractivity contribution in [3.05, 3.63) is 23.8 Å². The van der Waals surface area contributed by atoms with Crippen LogP contribution in [0.1, 0.15) is 24.8 Å². The summed E-state index contributed by atoms with van der Waals surface area (Å²) >= 11 is 0. The van der Waals surface area contributed by atoms with Crippen LogP contribution in [0.4, 0.5) is 13.2 Å². The van der Waals surface area contributed by atoms with Crippen LogP contribution < -0.4 is 27.2 Å². The van der Waals surface area contributed by atoms with Gasteiger partial charge in [-0.05, 0) is 25.0 Å². The third-order valence-electron chi connectivity index (χ3n) is 3.92. The van der Waals surface area contributed by atoms with E-state index in [9.17, 15) is 13.2 Å². The van der Waals surface area contributed by atoms with Crippen LogP contribution in [0.25, 0.3) is 0 Å². The standard InChI is InChI=1S/C14H16F3NO2.ClH/c15-14(16,17)20-12-3-1-2-11-10(12)4-5-13(19-11)6-8-18-9-7-13;/h1-3,18H,4-9H2;1H/i/hD2. The lowest BCUT2D eigenvalue weighted by Gasteiger charge is -2.40. The van der Waals surface area contributed by atoms with Crippen LogP contribution in [0.5, 0.6) is 11.5 Å². The molecule has 118 valence electrons. The van der Waals surface area contributed by atoms with E-state index in [2.05, 4.69) is 4.74 Å². The Morgan fingerprint density at radius 1 is 1.24 bits per heavy atom. The fraction of sp³-hybridized carbons (Fsp3) is 0.571. The van der Waals surface area contributed by atoms with E-state index in [4.69, 9.17) is 7.56 Å². The first-order valence-electron chi connectivity index (χ1n) is 7.57. The molecule has 1 fully saturated rings. The molecular formula is C14H17ClF3NO2. The van der Waals surface area contributed by atoms with Crippen LogP contribution in [0, 0.1) is 0 Å². The highest BCUT2D eigenvalue weighted by Gasteiger charge is 2.41. The zero-order valence-corrected chi connectivity index (χ0v) is 12.0. The van der Waals surface area contributed by atoms with Crippen molar-refractivity contribution in [3.8, 4) is 11.5 Å². The highest BCUT2D eigenvalue weighted by molar-refractivity contribution is 5.46. The summed E-state index contributed by atoms with van der Waals surface area (Å²) in [6, 6.07) is 4.43. The number of fused-ring (bicyclic) bond motifs is 1. The van der Waals surface area contributed by atoms with Gasteiger partial charge in [-0.1, -0.05) is 6.07 Å². The summed E-state index contributed by atoms with van der Waals surface area (Å²) in [5, 5.41) is -0.533. The number of hydrogen-bond donors (Lipinski definition) is 1. The molecule has 2 aliphatic heterocycles. The van der Waals surface area contributed by atoms with E-state index in [0.717, 1.165) is 0 Å². The predicted octanol–water partition coefficient (Wildman–Crippen LogP) is -0.990. The summed E-state index contributed by atoms with van der Waals surface area (Å²) in [6.45, 7) is 0.710. The molecule has 0 bridgehead atoms. The lowest BCUT2D eigenvalue weighted by molar-refractivity contribution is -0.667. The molecule has 0 unspecified atom stereocenters. The van der Waals surface area contributed by atoms with E-state index in [1.165, 1.54) is 12.1 Å². The third kappa shape index (κ3) is 3.55. The second-order valence-corrected chi connectivity index (χ2v) is 5.24. The normalized spacial score (nSPS) is 24.0. The van der Waals surface area contributed by atoms with Gasteiger partial charge in [-0.25, -0.2) is 0 Å². The second kappa shape index (κ2) is 5.93. The van der Waals surface area contributed by atoms with Gasteiger partial charge in [-0.15, -0.1) is 13.2 Å². The van der Waals surface area contributed by atoms with Gasteiger partial charge in [0.2, 0.25) is 0 Å². The number of piperidine rings is 1. The Kier molecular flexibility index (Phi) is 3.82. The number of nitrogens with two attached hydrogens (primary N) is 1. The molecule has 0 atom stereocenters. The molecule has 1 aromatic rings. The maximum absolute atomic E-state index is 12.4. The highest BCUT2D eigenvalue weighted by Crippen LogP contribution is 2.42. The van der Waals surface area contributed by atoms with Crippen LogP contribution in [0.3, 0.4) is 0 Å². The number of hydrogen-bond acceptors (Lipinski definition) is 2. The molecule has 1 spiro atoms. The molecule has 2 N–H and O–H groups in total. The molecule has 21 heavy (non-hydrogen) atoms. The maximum atomic E-state index is 12.4. The summed E-state index contributed by atoms with van der Waals surface area (Å²) < 4.78 is 62.8. The maximum Gasteiger partial charge on any atom is 0.573 e. The van der Waals surface area contributed by atoms with Gasteiger partial charge in [0, 0.05) is 18.4 Å². The van der Waals surface area contributed by atoms with Crippen molar-refractivity contribution in [1.82, 2.24) is 0 Å². The van der Waals surface area contributed by atoms with E-state index < -0.39 is 17.3 Å². The molecule has 1 aromatic carbocycles. The van der Waals surface area contributed by atoms with Gasteiger partial charge >= 0.3 is 9.19 Å². The molecule has 3 rings (SSSR count). The average Bonchev–Trinajstić information content (AvgIpc) is 2.41. The molecule has 0 aromatic heterocycles. The van der Waals surface area contributed by atoms with Crippen molar-refractivity contribution in [1.29, 1.82) is 0 Å². The van der Waals surface area contributed by atoms with Crippen molar-refractivity contribution in [3.63, 3.8) is 0 Å². The average molecular weight is 326 g/mol. The number of rotatable bonds is 1. The smallest absolute Gasteiger partial charge is 0.573 e. The molecule has 0 aliphatic carbocycles. The molecule has 2 aliphatic rings. The van der Waals surface area contributed by atoms with Crippen molar-refractivity contribution in [2.75, 3.05) is 13.1 Å².